The summed E-state index contributed by atoms with van der Waals surface area (Å²) in [5.74, 6) is -2.02. The molecule has 3 heterocycles. The minimum absolute atomic E-state index is 0.0160. The predicted molar refractivity (Wildman–Crippen MR) is 121 cm³/mol. The normalized spacial score (nSPS) is 23.2. The van der Waals surface area contributed by atoms with Crippen LogP contribution in [0.25, 0.3) is 5.65 Å². The highest BCUT2D eigenvalue weighted by Gasteiger charge is 2.52. The molecule has 0 radical (unpaired) electrons. The van der Waals surface area contributed by atoms with Crippen LogP contribution in [0.5, 0.6) is 0 Å². The summed E-state index contributed by atoms with van der Waals surface area (Å²) in [7, 11) is 1.54. The van der Waals surface area contributed by atoms with Crippen molar-refractivity contribution in [2.75, 3.05) is 20.3 Å². The van der Waals surface area contributed by atoms with E-state index in [0.29, 0.717) is 42.7 Å². The minimum atomic E-state index is -4.63. The molecule has 5 rings (SSSR count). The fourth-order valence-electron chi connectivity index (χ4n) is 4.64. The number of aliphatic hydroxyl groups excluding tert-OH is 1. The van der Waals surface area contributed by atoms with Crippen molar-refractivity contribution in [2.24, 2.45) is 0 Å². The zero-order valence-corrected chi connectivity index (χ0v) is 19.8. The molecule has 13 heteroatoms. The number of alkyl halides is 3. The van der Waals surface area contributed by atoms with Crippen LogP contribution in [0.1, 0.15) is 46.3 Å². The molecule has 1 aliphatic carbocycles. The number of nitrogens with zero attached hydrogens (tertiary/aromatic N) is 3. The van der Waals surface area contributed by atoms with Gasteiger partial charge in [-0.25, -0.2) is 13.9 Å². The number of pyridine rings is 1. The average Bonchev–Trinajstić information content (AvgIpc) is 3.52. The highest BCUT2D eigenvalue weighted by Crippen LogP contribution is 2.46. The molecule has 1 spiro atoms. The summed E-state index contributed by atoms with van der Waals surface area (Å²) in [5.41, 5.74) is -1.57. The molecule has 37 heavy (non-hydrogen) atoms. The second kappa shape index (κ2) is 10.4. The number of hydrogen-bond donors (Lipinski definition) is 3. The smallest absolute Gasteiger partial charge is 0.390 e. The van der Waals surface area contributed by atoms with Crippen LogP contribution in [0.3, 0.4) is 0 Å². The fraction of sp³-hybridized carbons (Fsp3) is 0.458. The SMILES string of the molecule is CNCc1cccc(C(F)(F)F)c1F.O=Cc1cc(C2(O)CCC3(CC2O)OCCO3)c2ncnn2c1. The van der Waals surface area contributed by atoms with E-state index in [1.165, 1.54) is 29.2 Å². The van der Waals surface area contributed by atoms with Crippen molar-refractivity contribution in [3.63, 3.8) is 0 Å². The number of ether oxygens (including phenoxy) is 2. The van der Waals surface area contributed by atoms with E-state index >= 15 is 0 Å². The van der Waals surface area contributed by atoms with Crippen molar-refractivity contribution in [3.05, 3.63) is 64.9 Å². The Morgan fingerprint density at radius 2 is 2.00 bits per heavy atom. The third-order valence-corrected chi connectivity index (χ3v) is 6.51. The van der Waals surface area contributed by atoms with Crippen LogP contribution in [-0.4, -0.2) is 63.2 Å². The summed E-state index contributed by atoms with van der Waals surface area (Å²) in [6.07, 6.45) is -1.34. The predicted octanol–water partition coefficient (Wildman–Crippen LogP) is 2.58. The molecule has 1 saturated heterocycles. The van der Waals surface area contributed by atoms with Gasteiger partial charge in [-0.05, 0) is 25.6 Å². The zero-order valence-electron chi connectivity index (χ0n) is 19.8. The molecular formula is C24H26F4N4O5. The van der Waals surface area contributed by atoms with E-state index in [0.717, 1.165) is 6.07 Å². The van der Waals surface area contributed by atoms with E-state index in [4.69, 9.17) is 9.47 Å². The first-order valence-electron chi connectivity index (χ1n) is 11.5. The van der Waals surface area contributed by atoms with Gasteiger partial charge in [-0.15, -0.1) is 0 Å². The highest BCUT2D eigenvalue weighted by molar-refractivity contribution is 5.76. The lowest BCUT2D eigenvalue weighted by atomic mass is 9.75. The van der Waals surface area contributed by atoms with Crippen LogP contribution in [0, 0.1) is 5.82 Å². The second-order valence-electron chi connectivity index (χ2n) is 8.89. The molecule has 1 aromatic carbocycles. The summed E-state index contributed by atoms with van der Waals surface area (Å²) >= 11 is 0. The largest absolute Gasteiger partial charge is 0.419 e. The number of halogens is 4. The van der Waals surface area contributed by atoms with Crippen molar-refractivity contribution < 1.29 is 42.0 Å². The Bertz CT molecular complexity index is 1260. The first-order chi connectivity index (χ1) is 17.5. The lowest BCUT2D eigenvalue weighted by Crippen LogP contribution is -2.52. The van der Waals surface area contributed by atoms with E-state index in [1.54, 1.807) is 13.1 Å². The van der Waals surface area contributed by atoms with Crippen molar-refractivity contribution in [1.82, 2.24) is 19.9 Å². The summed E-state index contributed by atoms with van der Waals surface area (Å²) < 4.78 is 62.5. The number of fused-ring (bicyclic) bond motifs is 1. The number of benzene rings is 1. The molecule has 3 N–H and O–H groups in total. The van der Waals surface area contributed by atoms with Crippen LogP contribution in [0.4, 0.5) is 17.6 Å². The van der Waals surface area contributed by atoms with Gasteiger partial charge in [0.1, 0.15) is 17.7 Å². The van der Waals surface area contributed by atoms with E-state index in [-0.39, 0.29) is 24.9 Å². The Morgan fingerprint density at radius 1 is 1.27 bits per heavy atom. The standard InChI is InChI=1S/C15H17N3O5.C9H9F4N/c19-8-10-5-11(13-16-9-17-18(13)7-10)15(21)2-1-14(6-12(15)20)22-3-4-23-14;1-14-5-6-3-2-4-7(8(6)10)9(11,12)13/h5,7-9,12,20-21H,1-4,6H2;2-4,14H,5H2,1H3. The fourth-order valence-corrected chi connectivity index (χ4v) is 4.64. The number of hydrogen-bond acceptors (Lipinski definition) is 8. The van der Waals surface area contributed by atoms with Gasteiger partial charge in [0.15, 0.2) is 17.7 Å². The van der Waals surface area contributed by atoms with E-state index in [2.05, 4.69) is 15.4 Å². The average molecular weight is 526 g/mol. The number of rotatable bonds is 4. The molecular weight excluding hydrogens is 500 g/mol. The van der Waals surface area contributed by atoms with Gasteiger partial charge in [0.05, 0.1) is 24.9 Å². The quantitative estimate of drug-likeness (QED) is 0.351. The summed E-state index contributed by atoms with van der Waals surface area (Å²) in [6, 6.07) is 4.79. The maximum Gasteiger partial charge on any atom is 0.419 e. The van der Waals surface area contributed by atoms with Gasteiger partial charge in [0.25, 0.3) is 0 Å². The molecule has 1 aliphatic heterocycles. The summed E-state index contributed by atoms with van der Waals surface area (Å²) in [6.45, 7) is 1.05. The lowest BCUT2D eigenvalue weighted by molar-refractivity contribution is -0.239. The molecule has 2 fully saturated rings. The van der Waals surface area contributed by atoms with Gasteiger partial charge < -0.3 is 25.0 Å². The Balaban J connectivity index is 0.000000197. The Morgan fingerprint density at radius 3 is 2.62 bits per heavy atom. The third kappa shape index (κ3) is 5.36. The van der Waals surface area contributed by atoms with Gasteiger partial charge >= 0.3 is 6.18 Å². The highest BCUT2D eigenvalue weighted by atomic mass is 19.4. The number of aromatic nitrogens is 3. The van der Waals surface area contributed by atoms with Gasteiger partial charge in [0.2, 0.25) is 0 Å². The van der Waals surface area contributed by atoms with Crippen LogP contribution < -0.4 is 5.32 Å². The summed E-state index contributed by atoms with van der Waals surface area (Å²) in [5, 5.41) is 28.4. The van der Waals surface area contributed by atoms with Gasteiger partial charge in [0, 0.05) is 42.3 Å². The van der Waals surface area contributed by atoms with Crippen LogP contribution in [0.15, 0.2) is 36.8 Å². The molecule has 9 nitrogen and oxygen atoms in total. The van der Waals surface area contributed by atoms with Crippen molar-refractivity contribution in [1.29, 1.82) is 0 Å². The third-order valence-electron chi connectivity index (χ3n) is 6.51. The Kier molecular flexibility index (Phi) is 7.62. The van der Waals surface area contributed by atoms with Crippen molar-refractivity contribution >= 4 is 11.9 Å². The number of nitrogens with one attached hydrogen (secondary N) is 1. The van der Waals surface area contributed by atoms with Crippen molar-refractivity contribution in [2.45, 2.75) is 49.5 Å². The number of carbonyl (C=O) groups is 1. The van der Waals surface area contributed by atoms with Crippen LogP contribution >= 0.6 is 0 Å². The second-order valence-corrected chi connectivity index (χ2v) is 8.89. The monoisotopic (exact) mass is 526 g/mol. The Labute approximate surface area is 209 Å². The van der Waals surface area contributed by atoms with Gasteiger partial charge in [-0.2, -0.15) is 18.3 Å². The lowest BCUT2D eigenvalue weighted by Gasteiger charge is -2.44. The zero-order chi connectivity index (χ0) is 26.8. The van der Waals surface area contributed by atoms with E-state index in [1.807, 2.05) is 0 Å². The summed E-state index contributed by atoms with van der Waals surface area (Å²) in [4.78, 5) is 15.3. The van der Waals surface area contributed by atoms with Crippen LogP contribution in [0.2, 0.25) is 0 Å². The van der Waals surface area contributed by atoms with E-state index < -0.39 is 35.0 Å². The maximum atomic E-state index is 13.2. The van der Waals surface area contributed by atoms with Crippen LogP contribution in [-0.2, 0) is 27.8 Å². The number of aldehydes is 1. The molecule has 2 aliphatic rings. The molecule has 2 unspecified atom stereocenters. The van der Waals surface area contributed by atoms with Gasteiger partial charge in [-0.1, -0.05) is 12.1 Å². The molecule has 0 amide bonds. The molecule has 3 aromatic rings. The van der Waals surface area contributed by atoms with Gasteiger partial charge in [-0.3, -0.25) is 4.79 Å². The number of aliphatic hydroxyl groups is 2. The number of carbonyl (C=O) groups excluding carboxylic acids is 1. The first-order valence-corrected chi connectivity index (χ1v) is 11.5. The Hall–Kier alpha value is -2.97. The van der Waals surface area contributed by atoms with Crippen molar-refractivity contribution in [3.8, 4) is 0 Å². The molecule has 2 atom stereocenters. The van der Waals surface area contributed by atoms with E-state index in [9.17, 15) is 32.6 Å². The molecule has 200 valence electrons. The topological polar surface area (TPSA) is 118 Å². The molecule has 2 aromatic heterocycles. The molecule has 1 saturated carbocycles. The maximum absolute atomic E-state index is 13.2. The molecule has 0 bridgehead atoms. The minimum Gasteiger partial charge on any atom is -0.390 e. The first kappa shape index (κ1) is 27.1.